The maximum absolute atomic E-state index is 15.0. The van der Waals surface area contributed by atoms with Crippen molar-refractivity contribution >= 4 is 16.7 Å². The molecule has 2 aromatic heterocycles. The molecule has 10 heteroatoms. The molecule has 0 aromatic carbocycles. The Labute approximate surface area is 167 Å². The van der Waals surface area contributed by atoms with Gasteiger partial charge >= 0.3 is 11.2 Å². The average Bonchev–Trinajstić information content (AvgIpc) is 3.42. The minimum atomic E-state index is -0.784. The largest absolute Gasteiger partial charge is 0.380 e. The molecule has 2 aliphatic rings. The Morgan fingerprint density at radius 3 is 2.69 bits per heavy atom. The molecule has 0 bridgehead atoms. The van der Waals surface area contributed by atoms with E-state index in [-0.39, 0.29) is 23.5 Å². The number of ether oxygens (including phenoxy) is 1. The fourth-order valence-corrected chi connectivity index (χ4v) is 4.27. The van der Waals surface area contributed by atoms with E-state index in [1.54, 1.807) is 6.92 Å². The quantitative estimate of drug-likeness (QED) is 0.521. The maximum Gasteiger partial charge on any atom is 0.350 e. The van der Waals surface area contributed by atoms with Crippen LogP contribution < -0.4 is 27.7 Å². The van der Waals surface area contributed by atoms with Crippen molar-refractivity contribution in [2.75, 3.05) is 37.0 Å². The molecule has 158 valence electrons. The van der Waals surface area contributed by atoms with E-state index in [0.29, 0.717) is 47.7 Å². The third kappa shape index (κ3) is 3.29. The molecule has 2 fully saturated rings. The lowest BCUT2D eigenvalue weighted by Gasteiger charge is -2.24. The van der Waals surface area contributed by atoms with Crippen LogP contribution in [0.1, 0.15) is 37.8 Å². The van der Waals surface area contributed by atoms with E-state index >= 15 is 4.39 Å². The number of rotatable bonds is 6. The molecule has 4 N–H and O–H groups in total. The number of hydrogen-bond donors (Lipinski definition) is 2. The summed E-state index contributed by atoms with van der Waals surface area (Å²) in [5.41, 5.74) is 5.99. The lowest BCUT2D eigenvalue weighted by Crippen LogP contribution is -2.45. The van der Waals surface area contributed by atoms with Crippen LogP contribution in [0.15, 0.2) is 9.59 Å². The van der Waals surface area contributed by atoms with E-state index in [0.717, 1.165) is 19.3 Å². The number of nitrogens with zero attached hydrogens (tertiary/aromatic N) is 4. The smallest absolute Gasteiger partial charge is 0.350 e. The van der Waals surface area contributed by atoms with Crippen molar-refractivity contribution in [3.63, 3.8) is 0 Å². The lowest BCUT2D eigenvalue weighted by atomic mass is 10.0. The highest BCUT2D eigenvalue weighted by Gasteiger charge is 2.34. The van der Waals surface area contributed by atoms with Gasteiger partial charge in [0.25, 0.3) is 0 Å². The zero-order valence-electron chi connectivity index (χ0n) is 16.7. The van der Waals surface area contributed by atoms with E-state index in [2.05, 4.69) is 4.98 Å². The van der Waals surface area contributed by atoms with Gasteiger partial charge in [-0.3, -0.25) is 9.36 Å². The summed E-state index contributed by atoms with van der Waals surface area (Å²) in [6.45, 7) is 5.90. The number of pyridine rings is 1. The van der Waals surface area contributed by atoms with E-state index in [9.17, 15) is 9.59 Å². The van der Waals surface area contributed by atoms with Gasteiger partial charge in [-0.1, -0.05) is 0 Å². The summed E-state index contributed by atoms with van der Waals surface area (Å²) in [5.74, 6) is 5.07. The fraction of sp³-hybridized carbons (Fsp3) is 0.632. The van der Waals surface area contributed by atoms with Crippen molar-refractivity contribution in [2.45, 2.75) is 45.2 Å². The van der Waals surface area contributed by atoms with Gasteiger partial charge in [0.2, 0.25) is 5.95 Å². The Hall–Kier alpha value is -2.46. The van der Waals surface area contributed by atoms with Gasteiger partial charge in [-0.2, -0.15) is 9.07 Å². The van der Waals surface area contributed by atoms with Gasteiger partial charge in [-0.25, -0.2) is 9.78 Å². The van der Waals surface area contributed by atoms with Crippen molar-refractivity contribution in [1.82, 2.24) is 14.2 Å². The van der Waals surface area contributed by atoms with Gasteiger partial charge in [0.15, 0.2) is 5.52 Å². The lowest BCUT2D eigenvalue weighted by molar-refractivity contribution is 0.119. The van der Waals surface area contributed by atoms with Crippen LogP contribution in [0.5, 0.6) is 0 Å². The van der Waals surface area contributed by atoms with Crippen LogP contribution >= 0.6 is 0 Å². The predicted molar refractivity (Wildman–Crippen MR) is 108 cm³/mol. The summed E-state index contributed by atoms with van der Waals surface area (Å²) in [5, 5.41) is 0. The summed E-state index contributed by atoms with van der Waals surface area (Å²) in [4.78, 5) is 30.9. The second kappa shape index (κ2) is 7.42. The molecule has 2 unspecified atom stereocenters. The zero-order valence-corrected chi connectivity index (χ0v) is 16.7. The van der Waals surface area contributed by atoms with Crippen LogP contribution in [0.3, 0.4) is 0 Å². The summed E-state index contributed by atoms with van der Waals surface area (Å²) in [6, 6.07) is -0.170. The second-order valence-corrected chi connectivity index (χ2v) is 7.95. The molecule has 4 rings (SSSR count). The maximum atomic E-state index is 15.0. The molecule has 2 aromatic rings. The van der Waals surface area contributed by atoms with Crippen molar-refractivity contribution in [1.29, 1.82) is 0 Å². The van der Waals surface area contributed by atoms with Crippen LogP contribution in [0.2, 0.25) is 0 Å². The van der Waals surface area contributed by atoms with Crippen molar-refractivity contribution in [2.24, 2.45) is 11.7 Å². The molecule has 0 radical (unpaired) electrons. The van der Waals surface area contributed by atoms with Crippen molar-refractivity contribution < 1.29 is 9.13 Å². The number of nitrogens with two attached hydrogens (primary N) is 2. The Balaban J connectivity index is 1.79. The van der Waals surface area contributed by atoms with Gasteiger partial charge in [-0.05, 0) is 39.0 Å². The predicted octanol–water partition coefficient (Wildman–Crippen LogP) is 0.245. The Morgan fingerprint density at radius 1 is 1.31 bits per heavy atom. The van der Waals surface area contributed by atoms with Crippen molar-refractivity contribution in [3.8, 4) is 0 Å². The molecule has 1 saturated heterocycles. The van der Waals surface area contributed by atoms with Gasteiger partial charge in [0, 0.05) is 37.3 Å². The minimum Gasteiger partial charge on any atom is -0.380 e. The summed E-state index contributed by atoms with van der Waals surface area (Å²) in [7, 11) is 0. The second-order valence-electron chi connectivity index (χ2n) is 7.95. The summed E-state index contributed by atoms with van der Waals surface area (Å²) >= 11 is 0. The zero-order chi connectivity index (χ0) is 20.9. The Bertz CT molecular complexity index is 1060. The SMILES string of the molecule is CCOCC(N)C1CCN(c2c(F)nc3c(=O)n(N)c(=O)n(C4CC4)c3c2C)C1. The normalized spacial score (nSPS) is 20.6. The molecule has 1 aliphatic heterocycles. The van der Waals surface area contributed by atoms with Gasteiger partial charge in [0.1, 0.15) is 0 Å². The molecule has 0 amide bonds. The molecule has 29 heavy (non-hydrogen) atoms. The minimum absolute atomic E-state index is 0.0369. The van der Waals surface area contributed by atoms with Crippen LogP contribution in [0, 0.1) is 18.8 Å². The van der Waals surface area contributed by atoms with Crippen LogP contribution in [0.25, 0.3) is 11.0 Å². The molecular formula is C19H27FN6O3. The summed E-state index contributed by atoms with van der Waals surface area (Å²) in [6.07, 6.45) is 2.44. The summed E-state index contributed by atoms with van der Waals surface area (Å²) < 4.78 is 22.5. The molecule has 3 heterocycles. The highest BCUT2D eigenvalue weighted by Crippen LogP contribution is 2.38. The number of nitrogen functional groups attached to an aromatic ring is 1. The topological polar surface area (TPSA) is 121 Å². The van der Waals surface area contributed by atoms with E-state index < -0.39 is 17.2 Å². The Morgan fingerprint density at radius 2 is 2.03 bits per heavy atom. The molecule has 1 saturated carbocycles. The van der Waals surface area contributed by atoms with Crippen LogP contribution in [0.4, 0.5) is 10.1 Å². The first kappa shape index (κ1) is 19.8. The number of anilines is 1. The molecule has 0 spiro atoms. The standard InChI is InChI=1S/C19H27FN6O3/c1-3-29-9-13(21)11-6-7-24(8-11)16-10(2)15-14(23-17(16)20)18(27)26(22)19(28)25(15)12-4-5-12/h11-13H,3-9,21-22H2,1-2H3. The number of halogens is 1. The van der Waals surface area contributed by atoms with Gasteiger partial charge in [-0.15, -0.1) is 0 Å². The van der Waals surface area contributed by atoms with Gasteiger partial charge in [0.05, 0.1) is 17.8 Å². The fourth-order valence-electron chi connectivity index (χ4n) is 4.27. The number of hydrogen-bond acceptors (Lipinski definition) is 7. The number of aromatic nitrogens is 3. The van der Waals surface area contributed by atoms with E-state index in [1.807, 2.05) is 11.8 Å². The molecule has 1 aliphatic carbocycles. The highest BCUT2D eigenvalue weighted by molar-refractivity contribution is 5.83. The third-order valence-electron chi connectivity index (χ3n) is 5.99. The number of aryl methyl sites for hydroxylation is 1. The molecule has 9 nitrogen and oxygen atoms in total. The first-order valence-corrected chi connectivity index (χ1v) is 10.1. The third-order valence-corrected chi connectivity index (χ3v) is 5.99. The Kier molecular flexibility index (Phi) is 5.07. The first-order chi connectivity index (χ1) is 13.8. The highest BCUT2D eigenvalue weighted by atomic mass is 19.1. The first-order valence-electron chi connectivity index (χ1n) is 10.1. The molecular weight excluding hydrogens is 379 g/mol. The van der Waals surface area contributed by atoms with Crippen LogP contribution in [-0.2, 0) is 4.74 Å². The molecule has 2 atom stereocenters. The van der Waals surface area contributed by atoms with E-state index in [1.165, 1.54) is 4.57 Å². The van der Waals surface area contributed by atoms with Gasteiger partial charge < -0.3 is 21.2 Å². The van der Waals surface area contributed by atoms with Crippen LogP contribution in [-0.4, -0.2) is 46.6 Å². The van der Waals surface area contributed by atoms with E-state index in [4.69, 9.17) is 16.3 Å². The number of fused-ring (bicyclic) bond motifs is 1. The van der Waals surface area contributed by atoms with Crippen molar-refractivity contribution in [3.05, 3.63) is 32.3 Å². The monoisotopic (exact) mass is 406 g/mol. The average molecular weight is 406 g/mol.